The molecule has 118 valence electrons. The molecule has 0 radical (unpaired) electrons. The lowest BCUT2D eigenvalue weighted by atomic mass is 9.79. The maximum Gasteiger partial charge on any atom is 0.251 e. The van der Waals surface area contributed by atoms with Crippen molar-refractivity contribution in [3.63, 3.8) is 0 Å². The summed E-state index contributed by atoms with van der Waals surface area (Å²) < 4.78 is 6.43. The number of carbonyl (C=O) groups excluding carboxylic acids is 1. The van der Waals surface area contributed by atoms with Gasteiger partial charge in [0.25, 0.3) is 5.91 Å². The van der Waals surface area contributed by atoms with Crippen LogP contribution in [0.3, 0.4) is 0 Å². The zero-order chi connectivity index (χ0) is 15.4. The second-order valence-corrected chi connectivity index (χ2v) is 6.79. The Bertz CT molecular complexity index is 644. The van der Waals surface area contributed by atoms with Crippen LogP contribution in [-0.4, -0.2) is 44.2 Å². The van der Waals surface area contributed by atoms with Gasteiger partial charge in [0, 0.05) is 24.6 Å². The van der Waals surface area contributed by atoms with Crippen LogP contribution in [0.25, 0.3) is 10.2 Å². The molecule has 0 spiro atoms. The Morgan fingerprint density at radius 2 is 2.27 bits per heavy atom. The summed E-state index contributed by atoms with van der Waals surface area (Å²) in [5.74, 6) is -0.0238. The van der Waals surface area contributed by atoms with E-state index in [4.69, 9.17) is 4.74 Å². The van der Waals surface area contributed by atoms with Crippen molar-refractivity contribution >= 4 is 27.5 Å². The monoisotopic (exact) mass is 319 g/mol. The Labute approximate surface area is 134 Å². The van der Waals surface area contributed by atoms with Crippen molar-refractivity contribution in [2.24, 2.45) is 5.41 Å². The molecule has 1 aliphatic rings. The van der Waals surface area contributed by atoms with Crippen molar-refractivity contribution in [3.05, 3.63) is 29.3 Å². The van der Waals surface area contributed by atoms with Gasteiger partial charge < -0.3 is 15.4 Å². The van der Waals surface area contributed by atoms with Crippen LogP contribution in [-0.2, 0) is 4.74 Å². The second kappa shape index (κ2) is 6.73. The fraction of sp³-hybridized carbons (Fsp3) is 0.500. The SMILES string of the molecule is COCC1(CNC(=O)c2ccc3ncsc3c2)CCNCC1. The van der Waals surface area contributed by atoms with Gasteiger partial charge in [-0.25, -0.2) is 4.98 Å². The number of aromatic nitrogens is 1. The molecule has 3 rings (SSSR count). The molecular formula is C16H21N3O2S. The van der Waals surface area contributed by atoms with Crippen LogP contribution in [0.2, 0.25) is 0 Å². The number of hydrogen-bond donors (Lipinski definition) is 2. The van der Waals surface area contributed by atoms with Crippen molar-refractivity contribution in [1.82, 2.24) is 15.6 Å². The number of methoxy groups -OCH3 is 1. The van der Waals surface area contributed by atoms with E-state index in [9.17, 15) is 4.79 Å². The maximum atomic E-state index is 12.4. The van der Waals surface area contributed by atoms with E-state index in [-0.39, 0.29) is 11.3 Å². The predicted octanol–water partition coefficient (Wildman–Crippen LogP) is 2.04. The van der Waals surface area contributed by atoms with Crippen molar-refractivity contribution in [1.29, 1.82) is 0 Å². The molecule has 2 aromatic rings. The van der Waals surface area contributed by atoms with Crippen LogP contribution in [0.15, 0.2) is 23.7 Å². The van der Waals surface area contributed by atoms with Gasteiger partial charge in [-0.2, -0.15) is 0 Å². The Kier molecular flexibility index (Phi) is 4.71. The summed E-state index contributed by atoms with van der Waals surface area (Å²) in [5, 5.41) is 6.45. The molecule has 1 amide bonds. The van der Waals surface area contributed by atoms with Gasteiger partial charge in [0.2, 0.25) is 0 Å². The third-order valence-electron chi connectivity index (χ3n) is 4.33. The van der Waals surface area contributed by atoms with Crippen LogP contribution in [0.1, 0.15) is 23.2 Å². The molecule has 2 N–H and O–H groups in total. The van der Waals surface area contributed by atoms with Gasteiger partial charge in [-0.1, -0.05) is 0 Å². The summed E-state index contributed by atoms with van der Waals surface area (Å²) in [6, 6.07) is 5.65. The molecule has 6 heteroatoms. The van der Waals surface area contributed by atoms with Crippen LogP contribution in [0.5, 0.6) is 0 Å². The predicted molar refractivity (Wildman–Crippen MR) is 88.4 cm³/mol. The van der Waals surface area contributed by atoms with Gasteiger partial charge in [0.05, 0.1) is 22.3 Å². The number of benzene rings is 1. The van der Waals surface area contributed by atoms with Gasteiger partial charge in [0.15, 0.2) is 0 Å². The minimum atomic E-state index is -0.0238. The van der Waals surface area contributed by atoms with Crippen molar-refractivity contribution in [2.45, 2.75) is 12.8 Å². The molecule has 1 aromatic heterocycles. The highest BCUT2D eigenvalue weighted by Gasteiger charge is 2.32. The number of amides is 1. The summed E-state index contributed by atoms with van der Waals surface area (Å²) in [6.45, 7) is 3.29. The molecule has 5 nitrogen and oxygen atoms in total. The average molecular weight is 319 g/mol. The number of nitrogens with one attached hydrogen (secondary N) is 2. The molecule has 0 saturated carbocycles. The number of thiazole rings is 1. The lowest BCUT2D eigenvalue weighted by Crippen LogP contribution is -2.47. The molecule has 0 bridgehead atoms. The molecule has 22 heavy (non-hydrogen) atoms. The van der Waals surface area contributed by atoms with Crippen LogP contribution < -0.4 is 10.6 Å². The molecule has 0 unspecified atom stereocenters. The third-order valence-corrected chi connectivity index (χ3v) is 5.12. The van der Waals surface area contributed by atoms with Crippen LogP contribution in [0.4, 0.5) is 0 Å². The minimum Gasteiger partial charge on any atom is -0.384 e. The molecule has 1 fully saturated rings. The second-order valence-electron chi connectivity index (χ2n) is 5.90. The first kappa shape index (κ1) is 15.4. The zero-order valence-corrected chi connectivity index (χ0v) is 13.5. The molecule has 1 aromatic carbocycles. The topological polar surface area (TPSA) is 63.2 Å². The number of carbonyl (C=O) groups is 1. The van der Waals surface area contributed by atoms with Crippen molar-refractivity contribution in [2.75, 3.05) is 33.4 Å². The van der Waals surface area contributed by atoms with Crippen molar-refractivity contribution < 1.29 is 9.53 Å². The highest BCUT2D eigenvalue weighted by atomic mass is 32.1. The highest BCUT2D eigenvalue weighted by molar-refractivity contribution is 7.16. The quantitative estimate of drug-likeness (QED) is 0.885. The van der Waals surface area contributed by atoms with Gasteiger partial charge in [0.1, 0.15) is 0 Å². The summed E-state index contributed by atoms with van der Waals surface area (Å²) in [6.07, 6.45) is 2.05. The molecular weight excluding hydrogens is 298 g/mol. The largest absolute Gasteiger partial charge is 0.384 e. The normalized spacial score (nSPS) is 17.5. The lowest BCUT2D eigenvalue weighted by Gasteiger charge is -2.37. The number of nitrogens with zero attached hydrogens (tertiary/aromatic N) is 1. The van der Waals surface area contributed by atoms with Crippen molar-refractivity contribution in [3.8, 4) is 0 Å². The maximum absolute atomic E-state index is 12.4. The van der Waals surface area contributed by atoms with Gasteiger partial charge in [-0.3, -0.25) is 4.79 Å². The van der Waals surface area contributed by atoms with E-state index in [1.54, 1.807) is 24.0 Å². The number of fused-ring (bicyclic) bond motifs is 1. The smallest absolute Gasteiger partial charge is 0.251 e. The first-order chi connectivity index (χ1) is 10.7. The first-order valence-electron chi connectivity index (χ1n) is 7.54. The molecule has 0 atom stereocenters. The van der Waals surface area contributed by atoms with E-state index >= 15 is 0 Å². The number of rotatable bonds is 5. The summed E-state index contributed by atoms with van der Waals surface area (Å²) >= 11 is 1.55. The van der Waals surface area contributed by atoms with E-state index in [0.29, 0.717) is 18.7 Å². The van der Waals surface area contributed by atoms with Crippen LogP contribution in [0, 0.1) is 5.41 Å². The fourth-order valence-corrected chi connectivity index (χ4v) is 3.72. The van der Waals surface area contributed by atoms with E-state index in [2.05, 4.69) is 15.6 Å². The summed E-state index contributed by atoms with van der Waals surface area (Å²) in [7, 11) is 1.73. The minimum absolute atomic E-state index is 0.0238. The van der Waals surface area contributed by atoms with E-state index in [1.165, 1.54) is 0 Å². The third kappa shape index (κ3) is 3.29. The van der Waals surface area contributed by atoms with E-state index in [0.717, 1.165) is 36.1 Å². The molecule has 1 saturated heterocycles. The van der Waals surface area contributed by atoms with Gasteiger partial charge >= 0.3 is 0 Å². The van der Waals surface area contributed by atoms with E-state index in [1.807, 2.05) is 18.2 Å². The molecule has 2 heterocycles. The lowest BCUT2D eigenvalue weighted by molar-refractivity contribution is 0.0512. The Hall–Kier alpha value is -1.50. The Morgan fingerprint density at radius 3 is 3.05 bits per heavy atom. The number of piperidine rings is 1. The first-order valence-corrected chi connectivity index (χ1v) is 8.42. The molecule has 0 aliphatic carbocycles. The van der Waals surface area contributed by atoms with Gasteiger partial charge in [-0.15, -0.1) is 11.3 Å². The van der Waals surface area contributed by atoms with Gasteiger partial charge in [-0.05, 0) is 44.1 Å². The standard InChI is InChI=1S/C16H21N3O2S/c1-21-10-16(4-6-17-7-5-16)9-18-15(20)12-2-3-13-14(8-12)22-11-19-13/h2-3,8,11,17H,4-7,9-10H2,1H3,(H,18,20). The molecule has 1 aliphatic heterocycles. The van der Waals surface area contributed by atoms with Crippen LogP contribution >= 0.6 is 11.3 Å². The Balaban J connectivity index is 1.67. The van der Waals surface area contributed by atoms with E-state index < -0.39 is 0 Å². The number of hydrogen-bond acceptors (Lipinski definition) is 5. The average Bonchev–Trinajstić information content (AvgIpc) is 3.01. The highest BCUT2D eigenvalue weighted by Crippen LogP contribution is 2.28. The summed E-state index contributed by atoms with van der Waals surface area (Å²) in [4.78, 5) is 16.7. The zero-order valence-electron chi connectivity index (χ0n) is 12.7. The Morgan fingerprint density at radius 1 is 1.45 bits per heavy atom. The summed E-state index contributed by atoms with van der Waals surface area (Å²) in [5.41, 5.74) is 3.48. The number of ether oxygens (including phenoxy) is 1. The fourth-order valence-electron chi connectivity index (χ4n) is 3.00.